The molecule has 0 fully saturated rings. The number of benzene rings is 1. The molecule has 0 unspecified atom stereocenters. The SMILES string of the molecule is Cc1ccc(C)c(SC/C=N/NC(N)=S)c1. The molecule has 1 aromatic carbocycles. The van der Waals surface area contributed by atoms with E-state index in [2.05, 4.69) is 54.8 Å². The van der Waals surface area contributed by atoms with Gasteiger partial charge in [0.1, 0.15) is 0 Å². The van der Waals surface area contributed by atoms with Crippen LogP contribution in [0.3, 0.4) is 0 Å². The zero-order chi connectivity index (χ0) is 12.0. The summed E-state index contributed by atoms with van der Waals surface area (Å²) in [6, 6.07) is 6.42. The molecule has 0 aromatic heterocycles. The monoisotopic (exact) mass is 253 g/mol. The number of hydrogen-bond donors (Lipinski definition) is 2. The molecule has 16 heavy (non-hydrogen) atoms. The summed E-state index contributed by atoms with van der Waals surface area (Å²) in [5.41, 5.74) is 10.3. The third kappa shape index (κ3) is 4.63. The van der Waals surface area contributed by atoms with Gasteiger partial charge in [-0.05, 0) is 37.7 Å². The van der Waals surface area contributed by atoms with Crippen molar-refractivity contribution in [2.24, 2.45) is 10.8 Å². The summed E-state index contributed by atoms with van der Waals surface area (Å²) in [6.45, 7) is 4.19. The first kappa shape index (κ1) is 13.0. The number of nitrogens with one attached hydrogen (secondary N) is 1. The lowest BCUT2D eigenvalue weighted by molar-refractivity contribution is 1.04. The van der Waals surface area contributed by atoms with E-state index in [0.29, 0.717) is 0 Å². The van der Waals surface area contributed by atoms with Crippen molar-refractivity contribution in [1.29, 1.82) is 0 Å². The van der Waals surface area contributed by atoms with E-state index in [1.165, 1.54) is 16.0 Å². The van der Waals surface area contributed by atoms with Crippen LogP contribution < -0.4 is 11.2 Å². The van der Waals surface area contributed by atoms with Crippen molar-refractivity contribution in [3.8, 4) is 0 Å². The second-order valence-electron chi connectivity index (χ2n) is 3.37. The maximum absolute atomic E-state index is 5.23. The molecule has 3 N–H and O–H groups in total. The van der Waals surface area contributed by atoms with Crippen LogP contribution in [0.4, 0.5) is 0 Å². The van der Waals surface area contributed by atoms with Gasteiger partial charge in [0.25, 0.3) is 0 Å². The Labute approximate surface area is 105 Å². The van der Waals surface area contributed by atoms with Gasteiger partial charge in [0, 0.05) is 16.9 Å². The van der Waals surface area contributed by atoms with E-state index >= 15 is 0 Å². The van der Waals surface area contributed by atoms with Crippen LogP contribution in [0.15, 0.2) is 28.2 Å². The Morgan fingerprint density at radius 1 is 1.56 bits per heavy atom. The molecule has 0 heterocycles. The first-order valence-corrected chi connectivity index (χ1v) is 6.26. The lowest BCUT2D eigenvalue weighted by Crippen LogP contribution is -2.24. The van der Waals surface area contributed by atoms with E-state index in [1.807, 2.05) is 0 Å². The second-order valence-corrected chi connectivity index (χ2v) is 4.87. The number of nitrogens with two attached hydrogens (primary N) is 1. The van der Waals surface area contributed by atoms with E-state index in [1.54, 1.807) is 18.0 Å². The molecule has 0 radical (unpaired) electrons. The Morgan fingerprint density at radius 3 is 3.00 bits per heavy atom. The molecule has 0 amide bonds. The lowest BCUT2D eigenvalue weighted by atomic mass is 10.2. The van der Waals surface area contributed by atoms with Crippen molar-refractivity contribution >= 4 is 35.3 Å². The number of rotatable bonds is 4. The standard InChI is InChI=1S/C11H15N3S2/c1-8-3-4-9(2)10(7-8)16-6-5-13-14-11(12)15/h3-5,7H,6H2,1-2H3,(H3,12,14,15)/b13-5+. The van der Waals surface area contributed by atoms with Crippen LogP contribution in [0.1, 0.15) is 11.1 Å². The zero-order valence-electron chi connectivity index (χ0n) is 9.36. The molecule has 86 valence electrons. The molecule has 0 bridgehead atoms. The third-order valence-corrected chi connectivity index (χ3v) is 3.08. The molecule has 5 heteroatoms. The van der Waals surface area contributed by atoms with Crippen LogP contribution in [-0.4, -0.2) is 17.1 Å². The summed E-state index contributed by atoms with van der Waals surface area (Å²) in [5.74, 6) is 0.792. The fourth-order valence-electron chi connectivity index (χ4n) is 1.14. The predicted molar refractivity (Wildman–Crippen MR) is 75.1 cm³/mol. The van der Waals surface area contributed by atoms with E-state index in [0.717, 1.165) is 5.75 Å². The van der Waals surface area contributed by atoms with Crippen LogP contribution >= 0.6 is 24.0 Å². The quantitative estimate of drug-likeness (QED) is 0.374. The summed E-state index contributed by atoms with van der Waals surface area (Å²) < 4.78 is 0. The van der Waals surface area contributed by atoms with Gasteiger partial charge in [-0.2, -0.15) is 5.10 Å². The average Bonchev–Trinajstić information content (AvgIpc) is 2.22. The van der Waals surface area contributed by atoms with Crippen LogP contribution in [0.25, 0.3) is 0 Å². The van der Waals surface area contributed by atoms with E-state index in [4.69, 9.17) is 5.73 Å². The van der Waals surface area contributed by atoms with Crippen molar-refractivity contribution in [3.05, 3.63) is 29.3 Å². The molecule has 0 aliphatic carbocycles. The zero-order valence-corrected chi connectivity index (χ0v) is 11.0. The minimum absolute atomic E-state index is 0.188. The maximum atomic E-state index is 5.23. The van der Waals surface area contributed by atoms with E-state index < -0.39 is 0 Å². The molecular weight excluding hydrogens is 238 g/mol. The van der Waals surface area contributed by atoms with Gasteiger partial charge in [-0.1, -0.05) is 17.7 Å². The van der Waals surface area contributed by atoms with E-state index in [9.17, 15) is 0 Å². The molecule has 0 saturated heterocycles. The number of thioether (sulfide) groups is 1. The Balaban J connectivity index is 2.45. The fourth-order valence-corrected chi connectivity index (χ4v) is 2.08. The summed E-state index contributed by atoms with van der Waals surface area (Å²) in [4.78, 5) is 1.28. The van der Waals surface area contributed by atoms with Gasteiger partial charge in [-0.3, -0.25) is 5.43 Å². The molecule has 0 spiro atoms. The molecular formula is C11H15N3S2. The Morgan fingerprint density at radius 2 is 2.31 bits per heavy atom. The molecule has 0 atom stereocenters. The van der Waals surface area contributed by atoms with Gasteiger partial charge < -0.3 is 5.73 Å². The molecule has 0 aliphatic heterocycles. The highest BCUT2D eigenvalue weighted by atomic mass is 32.2. The van der Waals surface area contributed by atoms with Gasteiger partial charge in [-0.25, -0.2) is 0 Å². The first-order valence-electron chi connectivity index (χ1n) is 4.86. The highest BCUT2D eigenvalue weighted by Gasteiger charge is 1.97. The summed E-state index contributed by atoms with van der Waals surface area (Å²) in [5, 5.41) is 4.06. The van der Waals surface area contributed by atoms with Crippen LogP contribution in [0, 0.1) is 13.8 Å². The average molecular weight is 253 g/mol. The van der Waals surface area contributed by atoms with Crippen molar-refractivity contribution in [3.63, 3.8) is 0 Å². The minimum atomic E-state index is 0.188. The van der Waals surface area contributed by atoms with Gasteiger partial charge in [0.05, 0.1) is 0 Å². The van der Waals surface area contributed by atoms with Crippen molar-refractivity contribution in [2.75, 3.05) is 5.75 Å². The molecule has 1 aromatic rings. The molecule has 1 rings (SSSR count). The minimum Gasteiger partial charge on any atom is -0.375 e. The van der Waals surface area contributed by atoms with Crippen molar-refractivity contribution in [2.45, 2.75) is 18.7 Å². The largest absolute Gasteiger partial charge is 0.375 e. The Bertz CT molecular complexity index is 402. The summed E-state index contributed by atoms with van der Waals surface area (Å²) in [7, 11) is 0. The van der Waals surface area contributed by atoms with Gasteiger partial charge in [0.2, 0.25) is 0 Å². The molecule has 0 aliphatic rings. The number of hydrogen-bond acceptors (Lipinski definition) is 3. The number of nitrogens with zero attached hydrogens (tertiary/aromatic N) is 1. The second kappa shape index (κ2) is 6.50. The van der Waals surface area contributed by atoms with Gasteiger partial charge >= 0.3 is 0 Å². The molecule has 0 saturated carbocycles. The lowest BCUT2D eigenvalue weighted by Gasteiger charge is -2.04. The van der Waals surface area contributed by atoms with E-state index in [-0.39, 0.29) is 5.11 Å². The van der Waals surface area contributed by atoms with Crippen molar-refractivity contribution < 1.29 is 0 Å². The summed E-state index contributed by atoms with van der Waals surface area (Å²) >= 11 is 6.36. The normalized spacial score (nSPS) is 10.6. The van der Waals surface area contributed by atoms with Crippen LogP contribution in [0.2, 0.25) is 0 Å². The Hall–Kier alpha value is -1.07. The molecule has 3 nitrogen and oxygen atoms in total. The van der Waals surface area contributed by atoms with Crippen LogP contribution in [-0.2, 0) is 0 Å². The number of aryl methyl sites for hydroxylation is 2. The maximum Gasteiger partial charge on any atom is 0.184 e. The predicted octanol–water partition coefficient (Wildman–Crippen LogP) is 2.21. The van der Waals surface area contributed by atoms with Gasteiger partial charge in [-0.15, -0.1) is 11.8 Å². The summed E-state index contributed by atoms with van der Waals surface area (Å²) in [6.07, 6.45) is 1.76. The van der Waals surface area contributed by atoms with Gasteiger partial charge in [0.15, 0.2) is 5.11 Å². The fraction of sp³-hybridized carbons (Fsp3) is 0.273. The third-order valence-electron chi connectivity index (χ3n) is 1.92. The topological polar surface area (TPSA) is 50.4 Å². The number of thiocarbonyl (C=S) groups is 1. The van der Waals surface area contributed by atoms with Crippen molar-refractivity contribution in [1.82, 2.24) is 5.43 Å². The highest BCUT2D eigenvalue weighted by molar-refractivity contribution is 8.00. The Kier molecular flexibility index (Phi) is 5.28. The smallest absolute Gasteiger partial charge is 0.184 e. The highest BCUT2D eigenvalue weighted by Crippen LogP contribution is 2.22. The number of hydrazone groups is 1. The first-order chi connectivity index (χ1) is 7.59. The van der Waals surface area contributed by atoms with Crippen LogP contribution in [0.5, 0.6) is 0 Å².